The van der Waals surface area contributed by atoms with E-state index in [4.69, 9.17) is 18.9 Å². The highest BCUT2D eigenvalue weighted by Crippen LogP contribution is 2.32. The summed E-state index contributed by atoms with van der Waals surface area (Å²) in [5.41, 5.74) is 1.64. The monoisotopic (exact) mass is 414 g/mol. The summed E-state index contributed by atoms with van der Waals surface area (Å²) >= 11 is 0. The summed E-state index contributed by atoms with van der Waals surface area (Å²) in [4.78, 5) is 12.6. The molecule has 162 valence electrons. The van der Waals surface area contributed by atoms with Crippen molar-refractivity contribution in [2.75, 3.05) is 27.4 Å². The first-order chi connectivity index (χ1) is 14.6. The van der Waals surface area contributed by atoms with Crippen LogP contribution in [0, 0.1) is 5.92 Å². The molecule has 0 bridgehead atoms. The number of rotatable bonds is 11. The van der Waals surface area contributed by atoms with Crippen LogP contribution in [-0.2, 0) is 11.3 Å². The highest BCUT2D eigenvalue weighted by Gasteiger charge is 2.27. The second kappa shape index (κ2) is 11.0. The summed E-state index contributed by atoms with van der Waals surface area (Å²) in [5.74, 6) is 1.98. The van der Waals surface area contributed by atoms with Crippen LogP contribution < -0.4 is 14.2 Å². The molecule has 0 radical (unpaired) electrons. The molecule has 0 saturated heterocycles. The Bertz CT molecular complexity index is 817. The Labute approximate surface area is 177 Å². The number of aliphatic hydroxyl groups excluding tert-OH is 1. The Morgan fingerprint density at radius 2 is 1.80 bits per heavy atom. The third-order valence-electron chi connectivity index (χ3n) is 5.47. The highest BCUT2D eigenvalue weighted by atomic mass is 16.5. The average molecular weight is 414 g/mol. The van der Waals surface area contributed by atoms with Crippen LogP contribution in [-0.4, -0.2) is 44.4 Å². The van der Waals surface area contributed by atoms with Crippen LogP contribution in [0.5, 0.6) is 17.2 Å². The molecule has 0 amide bonds. The van der Waals surface area contributed by atoms with Crippen LogP contribution >= 0.6 is 0 Å². The van der Waals surface area contributed by atoms with Crippen molar-refractivity contribution in [1.82, 2.24) is 0 Å². The summed E-state index contributed by atoms with van der Waals surface area (Å²) in [6.45, 7) is 1.29. The summed E-state index contributed by atoms with van der Waals surface area (Å²) in [6.07, 6.45) is 2.67. The molecule has 1 fully saturated rings. The molecule has 3 rings (SSSR count). The second-order valence-corrected chi connectivity index (χ2v) is 7.50. The van der Waals surface area contributed by atoms with Gasteiger partial charge in [-0.15, -0.1) is 0 Å². The van der Waals surface area contributed by atoms with Crippen LogP contribution in [0.3, 0.4) is 0 Å². The maximum atomic E-state index is 12.6. The number of carbonyl (C=O) groups excluding carboxylic acids is 1. The Morgan fingerprint density at radius 3 is 2.47 bits per heavy atom. The minimum Gasteiger partial charge on any atom is -0.497 e. The van der Waals surface area contributed by atoms with Gasteiger partial charge < -0.3 is 24.1 Å². The van der Waals surface area contributed by atoms with E-state index >= 15 is 0 Å². The normalized spacial score (nSPS) is 18.2. The quantitative estimate of drug-likeness (QED) is 0.442. The van der Waals surface area contributed by atoms with Crippen LogP contribution in [0.15, 0.2) is 42.5 Å². The molecule has 0 spiro atoms. The topological polar surface area (TPSA) is 74.2 Å². The third-order valence-corrected chi connectivity index (χ3v) is 5.47. The van der Waals surface area contributed by atoms with Crippen molar-refractivity contribution in [2.24, 2.45) is 5.92 Å². The molecule has 1 aliphatic carbocycles. The molecular weight excluding hydrogens is 384 g/mol. The Hall–Kier alpha value is -2.57. The van der Waals surface area contributed by atoms with E-state index in [1.54, 1.807) is 32.4 Å². The first kappa shape index (κ1) is 22.1. The van der Waals surface area contributed by atoms with E-state index in [0.717, 1.165) is 30.6 Å². The van der Waals surface area contributed by atoms with E-state index in [0.29, 0.717) is 43.3 Å². The van der Waals surface area contributed by atoms with E-state index < -0.39 is 0 Å². The van der Waals surface area contributed by atoms with Crippen LogP contribution in [0.2, 0.25) is 0 Å². The highest BCUT2D eigenvalue weighted by molar-refractivity contribution is 5.96. The van der Waals surface area contributed by atoms with Crippen LogP contribution in [0.4, 0.5) is 0 Å². The van der Waals surface area contributed by atoms with Gasteiger partial charge in [0.1, 0.15) is 12.4 Å². The Morgan fingerprint density at radius 1 is 1.00 bits per heavy atom. The van der Waals surface area contributed by atoms with Crippen molar-refractivity contribution < 1.29 is 28.8 Å². The van der Waals surface area contributed by atoms with Crippen molar-refractivity contribution in [3.05, 3.63) is 53.6 Å². The number of ether oxygens (including phenoxy) is 4. The molecule has 0 aliphatic heterocycles. The van der Waals surface area contributed by atoms with Crippen molar-refractivity contribution in [3.63, 3.8) is 0 Å². The zero-order chi connectivity index (χ0) is 21.3. The van der Waals surface area contributed by atoms with Gasteiger partial charge in [0.2, 0.25) is 0 Å². The smallest absolute Gasteiger partial charge is 0.163 e. The molecule has 0 unspecified atom stereocenters. The maximum absolute atomic E-state index is 12.6. The molecule has 30 heavy (non-hydrogen) atoms. The third kappa shape index (κ3) is 5.97. The van der Waals surface area contributed by atoms with Crippen LogP contribution in [0.1, 0.15) is 41.6 Å². The standard InChI is InChI=1S/C24H30O6/c1-27-20-9-6-17(7-10-20)16-29-12-13-30-23-11-8-19(15-24(23)28-2)22(26)14-18-4-3-5-21(18)25/h6-11,15,18,21,25H,3-5,12-14,16H2,1-2H3/t18-,21+/m0/s1. The predicted octanol–water partition coefficient (Wildman–Crippen LogP) is 4.03. The molecule has 0 aromatic heterocycles. The van der Waals surface area contributed by atoms with E-state index in [9.17, 15) is 9.90 Å². The SMILES string of the molecule is COc1ccc(COCCOc2ccc(C(=O)C[C@@H]3CCC[C@H]3O)cc2OC)cc1. The number of hydrogen-bond acceptors (Lipinski definition) is 6. The Kier molecular flexibility index (Phi) is 8.11. The van der Waals surface area contributed by atoms with E-state index in [2.05, 4.69) is 0 Å². The van der Waals surface area contributed by atoms with Gasteiger partial charge >= 0.3 is 0 Å². The molecule has 6 heteroatoms. The Balaban J connectivity index is 1.46. The fourth-order valence-corrected chi connectivity index (χ4v) is 3.69. The summed E-state index contributed by atoms with van der Waals surface area (Å²) < 4.78 is 22.0. The molecule has 6 nitrogen and oxygen atoms in total. The van der Waals surface area contributed by atoms with Crippen molar-refractivity contribution in [2.45, 2.75) is 38.4 Å². The molecule has 1 saturated carbocycles. The molecule has 2 aromatic carbocycles. The van der Waals surface area contributed by atoms with Gasteiger partial charge in [-0.05, 0) is 54.7 Å². The van der Waals surface area contributed by atoms with Gasteiger partial charge in [-0.1, -0.05) is 18.6 Å². The summed E-state index contributed by atoms with van der Waals surface area (Å²) in [5, 5.41) is 9.95. The second-order valence-electron chi connectivity index (χ2n) is 7.50. The molecule has 1 N–H and O–H groups in total. The van der Waals surface area contributed by atoms with Gasteiger partial charge in [0, 0.05) is 12.0 Å². The lowest BCUT2D eigenvalue weighted by Gasteiger charge is -2.15. The number of hydrogen-bond donors (Lipinski definition) is 1. The zero-order valence-electron chi connectivity index (χ0n) is 17.6. The number of aliphatic hydroxyl groups is 1. The fraction of sp³-hybridized carbons (Fsp3) is 0.458. The molecule has 1 aliphatic rings. The largest absolute Gasteiger partial charge is 0.497 e. The van der Waals surface area contributed by atoms with Crippen LogP contribution in [0.25, 0.3) is 0 Å². The minimum atomic E-state index is -0.364. The van der Waals surface area contributed by atoms with E-state index in [-0.39, 0.29) is 17.8 Å². The van der Waals surface area contributed by atoms with Gasteiger partial charge in [0.15, 0.2) is 17.3 Å². The number of benzene rings is 2. The average Bonchev–Trinajstić information content (AvgIpc) is 3.18. The fourth-order valence-electron chi connectivity index (χ4n) is 3.69. The molecule has 2 aromatic rings. The van der Waals surface area contributed by atoms with Gasteiger partial charge in [-0.3, -0.25) is 4.79 Å². The van der Waals surface area contributed by atoms with Crippen molar-refractivity contribution in [3.8, 4) is 17.2 Å². The van der Waals surface area contributed by atoms with E-state index in [1.165, 1.54) is 0 Å². The molecule has 0 heterocycles. The molecular formula is C24H30O6. The zero-order valence-corrected chi connectivity index (χ0v) is 17.6. The number of Topliss-reactive ketones (excluding diaryl/α,β-unsaturated/α-hetero) is 1. The van der Waals surface area contributed by atoms with Gasteiger partial charge in [0.05, 0.1) is 33.5 Å². The number of carbonyl (C=O) groups is 1. The predicted molar refractivity (Wildman–Crippen MR) is 113 cm³/mol. The lowest BCUT2D eigenvalue weighted by Crippen LogP contribution is -2.17. The number of ketones is 1. The lowest BCUT2D eigenvalue weighted by molar-refractivity contribution is 0.0863. The summed E-state index contributed by atoms with van der Waals surface area (Å²) in [7, 11) is 3.19. The first-order valence-corrected chi connectivity index (χ1v) is 10.3. The van der Waals surface area contributed by atoms with Crippen molar-refractivity contribution >= 4 is 5.78 Å². The van der Waals surface area contributed by atoms with Gasteiger partial charge in [0.25, 0.3) is 0 Å². The first-order valence-electron chi connectivity index (χ1n) is 10.3. The minimum absolute atomic E-state index is 0.0219. The summed E-state index contributed by atoms with van der Waals surface area (Å²) in [6, 6.07) is 12.9. The van der Waals surface area contributed by atoms with E-state index in [1.807, 2.05) is 24.3 Å². The number of methoxy groups -OCH3 is 2. The lowest BCUT2D eigenvalue weighted by atomic mass is 9.95. The maximum Gasteiger partial charge on any atom is 0.163 e. The van der Waals surface area contributed by atoms with Gasteiger partial charge in [-0.25, -0.2) is 0 Å². The van der Waals surface area contributed by atoms with Crippen molar-refractivity contribution in [1.29, 1.82) is 0 Å². The van der Waals surface area contributed by atoms with Gasteiger partial charge in [-0.2, -0.15) is 0 Å². The molecule has 2 atom stereocenters.